The Bertz CT molecular complexity index is 937. The number of rotatable bonds is 3. The lowest BCUT2D eigenvalue weighted by Gasteiger charge is -2.29. The molecule has 24 heavy (non-hydrogen) atoms. The molecule has 0 unspecified atom stereocenters. The number of anilines is 1. The summed E-state index contributed by atoms with van der Waals surface area (Å²) in [6.45, 7) is 0.743. The van der Waals surface area contributed by atoms with Gasteiger partial charge in [-0.25, -0.2) is 12.7 Å². The van der Waals surface area contributed by atoms with Gasteiger partial charge in [0.25, 0.3) is 0 Å². The van der Waals surface area contributed by atoms with E-state index >= 15 is 0 Å². The number of hydrogen-bond donors (Lipinski definition) is 1. The molecule has 0 aliphatic carbocycles. The highest BCUT2D eigenvalue weighted by Crippen LogP contribution is 2.24. The molecule has 0 bridgehead atoms. The van der Waals surface area contributed by atoms with Gasteiger partial charge >= 0.3 is 4.87 Å². The van der Waals surface area contributed by atoms with Crippen molar-refractivity contribution in [1.82, 2.24) is 8.87 Å². The maximum Gasteiger partial charge on any atom is 0.307 e. The van der Waals surface area contributed by atoms with E-state index in [1.807, 2.05) is 6.07 Å². The number of nitrogens with zero attached hydrogens (tertiary/aromatic N) is 2. The number of aryl methyl sites for hydroxylation is 1. The van der Waals surface area contributed by atoms with Crippen LogP contribution >= 0.6 is 11.3 Å². The first-order valence-electron chi connectivity index (χ1n) is 7.61. The molecule has 1 amide bonds. The number of fused-ring (bicyclic) bond motifs is 1. The highest BCUT2D eigenvalue weighted by molar-refractivity contribution is 7.88. The number of hydrogen-bond acceptors (Lipinski definition) is 5. The Morgan fingerprint density at radius 1 is 1.29 bits per heavy atom. The number of aromatic nitrogens is 1. The molecule has 7 nitrogen and oxygen atoms in total. The molecular weight excluding hydrogens is 350 g/mol. The minimum Gasteiger partial charge on any atom is -0.326 e. The predicted octanol–water partition coefficient (Wildman–Crippen LogP) is 1.21. The molecule has 9 heteroatoms. The minimum atomic E-state index is -3.19. The van der Waals surface area contributed by atoms with E-state index in [2.05, 4.69) is 5.32 Å². The van der Waals surface area contributed by atoms with Crippen molar-refractivity contribution in [2.75, 3.05) is 24.7 Å². The number of amides is 1. The first kappa shape index (κ1) is 17.1. The highest BCUT2D eigenvalue weighted by atomic mass is 32.2. The second-order valence-electron chi connectivity index (χ2n) is 6.04. The second kappa shape index (κ2) is 6.30. The Hall–Kier alpha value is -1.71. The smallest absolute Gasteiger partial charge is 0.307 e. The average molecular weight is 369 g/mol. The highest BCUT2D eigenvalue weighted by Gasteiger charge is 2.28. The standard InChI is InChI=1S/C15H19N3O4S2/c1-17-12-4-3-11(9-13(12)23-15(17)20)16-14(19)10-5-7-18(8-6-10)24(2,21)22/h3-4,9-10H,5-8H2,1-2H3,(H,16,19). The largest absolute Gasteiger partial charge is 0.326 e. The molecule has 0 spiro atoms. The van der Waals surface area contributed by atoms with E-state index in [0.717, 1.165) is 21.6 Å². The van der Waals surface area contributed by atoms with Crippen LogP contribution in [0.5, 0.6) is 0 Å². The third-order valence-electron chi connectivity index (χ3n) is 4.35. The predicted molar refractivity (Wildman–Crippen MR) is 94.8 cm³/mol. The van der Waals surface area contributed by atoms with E-state index in [4.69, 9.17) is 0 Å². The molecule has 1 aliphatic heterocycles. The van der Waals surface area contributed by atoms with E-state index in [1.165, 1.54) is 10.6 Å². The quantitative estimate of drug-likeness (QED) is 0.881. The lowest BCUT2D eigenvalue weighted by Crippen LogP contribution is -2.40. The van der Waals surface area contributed by atoms with Crippen LogP contribution in [0.25, 0.3) is 10.2 Å². The number of thiazole rings is 1. The molecule has 1 aromatic heterocycles. The zero-order chi connectivity index (χ0) is 17.5. The Balaban J connectivity index is 1.68. The molecular formula is C15H19N3O4S2. The van der Waals surface area contributed by atoms with Crippen molar-refractivity contribution >= 4 is 43.2 Å². The number of carbonyl (C=O) groups excluding carboxylic acids is 1. The Labute approximate surface area is 143 Å². The van der Waals surface area contributed by atoms with Gasteiger partial charge in [0.1, 0.15) is 0 Å². The summed E-state index contributed by atoms with van der Waals surface area (Å²) in [7, 11) is -1.47. The number of piperidine rings is 1. The molecule has 130 valence electrons. The lowest BCUT2D eigenvalue weighted by atomic mass is 9.97. The molecule has 2 aromatic rings. The topological polar surface area (TPSA) is 88.5 Å². The maximum atomic E-state index is 12.4. The fourth-order valence-corrected chi connectivity index (χ4v) is 4.70. The van der Waals surface area contributed by atoms with Crippen LogP contribution in [0.2, 0.25) is 0 Å². The summed E-state index contributed by atoms with van der Waals surface area (Å²) in [4.78, 5) is 24.0. The monoisotopic (exact) mass is 369 g/mol. The third kappa shape index (κ3) is 3.38. The zero-order valence-corrected chi connectivity index (χ0v) is 15.1. The van der Waals surface area contributed by atoms with Gasteiger partial charge < -0.3 is 9.88 Å². The molecule has 3 rings (SSSR count). The summed E-state index contributed by atoms with van der Waals surface area (Å²) in [5.41, 5.74) is 1.49. The third-order valence-corrected chi connectivity index (χ3v) is 6.65. The Morgan fingerprint density at radius 3 is 2.58 bits per heavy atom. The molecule has 1 aromatic carbocycles. The van der Waals surface area contributed by atoms with E-state index in [-0.39, 0.29) is 16.7 Å². The van der Waals surface area contributed by atoms with Gasteiger partial charge in [-0.3, -0.25) is 9.59 Å². The summed E-state index contributed by atoms with van der Waals surface area (Å²) in [5, 5.41) is 2.87. The number of carbonyl (C=O) groups is 1. The van der Waals surface area contributed by atoms with Crippen molar-refractivity contribution in [3.8, 4) is 0 Å². The fraction of sp³-hybridized carbons (Fsp3) is 0.467. The second-order valence-corrected chi connectivity index (χ2v) is 9.01. The number of sulfonamides is 1. The normalized spacial score (nSPS) is 17.2. The first-order valence-corrected chi connectivity index (χ1v) is 10.3. The molecule has 0 radical (unpaired) electrons. The van der Waals surface area contributed by atoms with Gasteiger partial charge in [0.2, 0.25) is 15.9 Å². The molecule has 1 fully saturated rings. The Kier molecular flexibility index (Phi) is 4.50. The van der Waals surface area contributed by atoms with Crippen molar-refractivity contribution in [2.24, 2.45) is 13.0 Å². The SMILES string of the molecule is Cn1c(=O)sc2cc(NC(=O)C3CCN(S(C)(=O)=O)CC3)ccc21. The van der Waals surface area contributed by atoms with Crippen LogP contribution in [-0.4, -0.2) is 42.5 Å². The fourth-order valence-electron chi connectivity index (χ4n) is 2.91. The van der Waals surface area contributed by atoms with Crippen LogP contribution < -0.4 is 10.2 Å². The van der Waals surface area contributed by atoms with Gasteiger partial charge in [-0.05, 0) is 31.0 Å². The van der Waals surface area contributed by atoms with Crippen LogP contribution in [-0.2, 0) is 21.9 Å². The van der Waals surface area contributed by atoms with Crippen LogP contribution in [0.3, 0.4) is 0 Å². The van der Waals surface area contributed by atoms with Gasteiger partial charge in [0.05, 0.1) is 16.5 Å². The van der Waals surface area contributed by atoms with Crippen molar-refractivity contribution < 1.29 is 13.2 Å². The Morgan fingerprint density at radius 2 is 1.96 bits per heavy atom. The zero-order valence-electron chi connectivity index (χ0n) is 13.5. The molecule has 2 heterocycles. The van der Waals surface area contributed by atoms with Crippen LogP contribution in [0, 0.1) is 5.92 Å². The van der Waals surface area contributed by atoms with Crippen molar-refractivity contribution in [3.63, 3.8) is 0 Å². The summed E-state index contributed by atoms with van der Waals surface area (Å²) < 4.78 is 26.8. The summed E-state index contributed by atoms with van der Waals surface area (Å²) in [6.07, 6.45) is 2.22. The van der Waals surface area contributed by atoms with Crippen LogP contribution in [0.4, 0.5) is 5.69 Å². The van der Waals surface area contributed by atoms with Crippen molar-refractivity contribution in [1.29, 1.82) is 0 Å². The van der Waals surface area contributed by atoms with Gasteiger partial charge in [0.15, 0.2) is 0 Å². The summed E-state index contributed by atoms with van der Waals surface area (Å²) in [6, 6.07) is 5.39. The average Bonchev–Trinajstić information content (AvgIpc) is 2.81. The minimum absolute atomic E-state index is 0.0402. The first-order chi connectivity index (χ1) is 11.3. The summed E-state index contributed by atoms with van der Waals surface area (Å²) >= 11 is 1.14. The van der Waals surface area contributed by atoms with Gasteiger partial charge in [-0.15, -0.1) is 0 Å². The van der Waals surface area contributed by atoms with E-state index in [1.54, 1.807) is 23.7 Å². The molecule has 1 N–H and O–H groups in total. The molecule has 0 saturated carbocycles. The molecule has 1 saturated heterocycles. The lowest BCUT2D eigenvalue weighted by molar-refractivity contribution is -0.120. The molecule has 1 aliphatic rings. The maximum absolute atomic E-state index is 12.4. The van der Waals surface area contributed by atoms with E-state index < -0.39 is 10.0 Å². The van der Waals surface area contributed by atoms with E-state index in [9.17, 15) is 18.0 Å². The van der Waals surface area contributed by atoms with Gasteiger partial charge in [-0.2, -0.15) is 0 Å². The summed E-state index contributed by atoms with van der Waals surface area (Å²) in [5.74, 6) is -0.306. The van der Waals surface area contributed by atoms with Crippen LogP contribution in [0.1, 0.15) is 12.8 Å². The number of nitrogens with one attached hydrogen (secondary N) is 1. The van der Waals surface area contributed by atoms with Crippen LogP contribution in [0.15, 0.2) is 23.0 Å². The number of benzene rings is 1. The molecule has 0 atom stereocenters. The van der Waals surface area contributed by atoms with Crippen molar-refractivity contribution in [2.45, 2.75) is 12.8 Å². The van der Waals surface area contributed by atoms with Gasteiger partial charge in [-0.1, -0.05) is 11.3 Å². The van der Waals surface area contributed by atoms with E-state index in [0.29, 0.717) is 31.6 Å². The van der Waals surface area contributed by atoms with Crippen molar-refractivity contribution in [3.05, 3.63) is 27.9 Å². The van der Waals surface area contributed by atoms with Gasteiger partial charge in [0, 0.05) is 31.7 Å².